The smallest absolute Gasteiger partial charge is 0.260 e. The molecule has 0 N–H and O–H groups in total. The van der Waals surface area contributed by atoms with Crippen molar-refractivity contribution in [3.63, 3.8) is 0 Å². The van der Waals surface area contributed by atoms with Crippen LogP contribution in [0.2, 0.25) is 0 Å². The normalized spacial score (nSPS) is 14.0. The third kappa shape index (κ3) is 1.93. The Kier molecular flexibility index (Phi) is 3.20. The molecule has 20 heavy (non-hydrogen) atoms. The lowest BCUT2D eigenvalue weighted by atomic mass is 9.94. The molecule has 0 atom stereocenters. The minimum absolute atomic E-state index is 0.153. The average Bonchev–Trinajstić information content (AvgIpc) is 2.64. The van der Waals surface area contributed by atoms with Gasteiger partial charge in [-0.05, 0) is 6.07 Å². The fourth-order valence-electron chi connectivity index (χ4n) is 1.88. The van der Waals surface area contributed by atoms with E-state index < -0.39 is 29.0 Å². The molecule has 1 aromatic heterocycles. The van der Waals surface area contributed by atoms with Crippen LogP contribution >= 0.6 is 11.8 Å². The van der Waals surface area contributed by atoms with Crippen LogP contribution in [0.15, 0.2) is 30.5 Å². The van der Waals surface area contributed by atoms with Crippen molar-refractivity contribution in [2.24, 2.45) is 0 Å². The van der Waals surface area contributed by atoms with E-state index in [1.807, 2.05) is 0 Å². The predicted molar refractivity (Wildman–Crippen MR) is 58.1 cm³/mol. The third-order valence-electron chi connectivity index (χ3n) is 2.82. The Morgan fingerprint density at radius 1 is 0.850 bits per heavy atom. The van der Waals surface area contributed by atoms with Crippen molar-refractivity contribution in [2.45, 2.75) is 18.0 Å². The van der Waals surface area contributed by atoms with Gasteiger partial charge in [0.15, 0.2) is 0 Å². The standard InChI is InChI=1S/C11H5ClF7N/c12-20-5-7(6-3-1-2-4-8(6)20)9(13,10(14,15)16)11(17,18)19/h1-5H. The SMILES string of the molecule is FC(F)(F)C(F)(c1cn(Cl)c2ccccc12)C(F)(F)F. The van der Waals surface area contributed by atoms with Crippen LogP contribution in [-0.4, -0.2) is 16.4 Å². The van der Waals surface area contributed by atoms with Gasteiger partial charge in [0.05, 0.1) is 5.52 Å². The molecule has 0 aliphatic heterocycles. The van der Waals surface area contributed by atoms with E-state index in [0.717, 1.165) is 6.07 Å². The van der Waals surface area contributed by atoms with E-state index >= 15 is 0 Å². The molecule has 1 nitrogen and oxygen atoms in total. The van der Waals surface area contributed by atoms with Gasteiger partial charge < -0.3 is 0 Å². The number of alkyl halides is 7. The largest absolute Gasteiger partial charge is 0.436 e. The van der Waals surface area contributed by atoms with Crippen LogP contribution in [0.5, 0.6) is 0 Å². The molecular formula is C11H5ClF7N. The maximum Gasteiger partial charge on any atom is 0.436 e. The second-order valence-corrected chi connectivity index (χ2v) is 4.39. The van der Waals surface area contributed by atoms with E-state index in [1.54, 1.807) is 0 Å². The lowest BCUT2D eigenvalue weighted by molar-refractivity contribution is -0.348. The lowest BCUT2D eigenvalue weighted by Gasteiger charge is -2.29. The summed E-state index contributed by atoms with van der Waals surface area (Å²) in [6.07, 6.45) is -12.0. The number of halogens is 8. The van der Waals surface area contributed by atoms with Gasteiger partial charge in [0.25, 0.3) is 0 Å². The molecule has 0 aliphatic rings. The number of hydrogen-bond acceptors (Lipinski definition) is 0. The monoisotopic (exact) mass is 319 g/mol. The molecule has 0 unspecified atom stereocenters. The van der Waals surface area contributed by atoms with Gasteiger partial charge in [0, 0.05) is 28.9 Å². The molecule has 2 aromatic rings. The minimum atomic E-state index is -6.16. The summed E-state index contributed by atoms with van der Waals surface area (Å²) < 4.78 is 90.5. The maximum atomic E-state index is 14.0. The molecule has 2 rings (SSSR count). The van der Waals surface area contributed by atoms with Gasteiger partial charge in [0.1, 0.15) is 0 Å². The van der Waals surface area contributed by atoms with E-state index in [4.69, 9.17) is 11.8 Å². The number of hydrogen-bond donors (Lipinski definition) is 0. The molecule has 9 heteroatoms. The number of fused-ring (bicyclic) bond motifs is 1. The van der Waals surface area contributed by atoms with E-state index in [2.05, 4.69) is 0 Å². The van der Waals surface area contributed by atoms with Crippen molar-refractivity contribution >= 4 is 22.7 Å². The van der Waals surface area contributed by atoms with Crippen molar-refractivity contribution in [2.75, 3.05) is 0 Å². The number of para-hydroxylation sites is 1. The zero-order valence-corrected chi connectivity index (χ0v) is 10.1. The van der Waals surface area contributed by atoms with E-state index in [1.165, 1.54) is 18.2 Å². The van der Waals surface area contributed by atoms with Crippen molar-refractivity contribution in [1.29, 1.82) is 0 Å². The van der Waals surface area contributed by atoms with Crippen LogP contribution in [-0.2, 0) is 5.67 Å². The molecule has 0 spiro atoms. The summed E-state index contributed by atoms with van der Waals surface area (Å²) in [7, 11) is 0. The zero-order chi connectivity index (χ0) is 15.3. The molecule has 0 radical (unpaired) electrons. The van der Waals surface area contributed by atoms with E-state index in [-0.39, 0.29) is 11.7 Å². The molecule has 0 saturated heterocycles. The highest BCUT2D eigenvalue weighted by molar-refractivity contribution is 6.19. The first-order valence-corrected chi connectivity index (χ1v) is 5.43. The summed E-state index contributed by atoms with van der Waals surface area (Å²) in [5.41, 5.74) is -7.22. The van der Waals surface area contributed by atoms with Gasteiger partial charge in [-0.2, -0.15) is 26.3 Å². The number of aromatic nitrogens is 1. The fourth-order valence-corrected chi connectivity index (χ4v) is 2.13. The van der Waals surface area contributed by atoms with Crippen molar-refractivity contribution in [3.05, 3.63) is 36.0 Å². The van der Waals surface area contributed by atoms with Crippen molar-refractivity contribution in [1.82, 2.24) is 4.09 Å². The summed E-state index contributed by atoms with van der Waals surface area (Å²) >= 11 is 5.50. The summed E-state index contributed by atoms with van der Waals surface area (Å²) in [6.45, 7) is 0. The highest BCUT2D eigenvalue weighted by atomic mass is 35.5. The van der Waals surface area contributed by atoms with Crippen LogP contribution in [0.3, 0.4) is 0 Å². The van der Waals surface area contributed by atoms with Gasteiger partial charge in [-0.25, -0.2) is 4.39 Å². The Hall–Kier alpha value is -1.44. The number of benzene rings is 1. The second-order valence-electron chi connectivity index (χ2n) is 4.03. The van der Waals surface area contributed by atoms with Gasteiger partial charge in [-0.3, -0.25) is 4.09 Å². The van der Waals surface area contributed by atoms with Gasteiger partial charge >= 0.3 is 18.0 Å². The van der Waals surface area contributed by atoms with Gasteiger partial charge in [-0.1, -0.05) is 18.2 Å². The molecule has 1 heterocycles. The van der Waals surface area contributed by atoms with Crippen LogP contribution in [0.4, 0.5) is 30.7 Å². The molecular weight excluding hydrogens is 315 g/mol. The van der Waals surface area contributed by atoms with Crippen LogP contribution in [0.1, 0.15) is 5.56 Å². The summed E-state index contributed by atoms with van der Waals surface area (Å²) in [5.74, 6) is 0. The van der Waals surface area contributed by atoms with Crippen LogP contribution in [0.25, 0.3) is 10.9 Å². The van der Waals surface area contributed by atoms with Crippen LogP contribution < -0.4 is 0 Å². The Bertz CT molecular complexity index is 626. The summed E-state index contributed by atoms with van der Waals surface area (Å²) in [4.78, 5) is 0. The molecule has 0 fully saturated rings. The lowest BCUT2D eigenvalue weighted by Crippen LogP contribution is -2.50. The number of rotatable bonds is 1. The van der Waals surface area contributed by atoms with Crippen molar-refractivity contribution in [3.8, 4) is 0 Å². The fraction of sp³-hybridized carbons (Fsp3) is 0.273. The second kappa shape index (κ2) is 4.28. The Labute approximate surface area is 112 Å². The summed E-state index contributed by atoms with van der Waals surface area (Å²) in [6, 6.07) is 4.66. The Morgan fingerprint density at radius 2 is 1.35 bits per heavy atom. The maximum absolute atomic E-state index is 14.0. The first-order valence-electron chi connectivity index (χ1n) is 5.09. The Balaban J connectivity index is 2.84. The molecule has 0 saturated carbocycles. The first-order chi connectivity index (χ1) is 9.00. The van der Waals surface area contributed by atoms with Crippen LogP contribution in [0, 0.1) is 0 Å². The Morgan fingerprint density at radius 3 is 1.85 bits per heavy atom. The molecule has 0 amide bonds. The zero-order valence-electron chi connectivity index (χ0n) is 9.36. The first kappa shape index (κ1) is 15.0. The average molecular weight is 320 g/mol. The van der Waals surface area contributed by atoms with E-state index in [9.17, 15) is 30.7 Å². The topological polar surface area (TPSA) is 4.93 Å². The molecule has 110 valence electrons. The highest BCUT2D eigenvalue weighted by Crippen LogP contribution is 2.55. The van der Waals surface area contributed by atoms with Gasteiger partial charge in [-0.15, -0.1) is 0 Å². The molecule has 0 aliphatic carbocycles. The quantitative estimate of drug-likeness (QED) is 0.657. The predicted octanol–water partition coefficient (Wildman–Crippen LogP) is 4.93. The third-order valence-corrected chi connectivity index (χ3v) is 3.10. The molecule has 0 bridgehead atoms. The number of nitrogens with zero attached hydrogens (tertiary/aromatic N) is 1. The highest BCUT2D eigenvalue weighted by Gasteiger charge is 2.74. The molecule has 1 aromatic carbocycles. The summed E-state index contributed by atoms with van der Waals surface area (Å²) in [5, 5.41) is -0.556. The minimum Gasteiger partial charge on any atom is -0.260 e. The van der Waals surface area contributed by atoms with Gasteiger partial charge in [0.2, 0.25) is 0 Å². The van der Waals surface area contributed by atoms with Crippen molar-refractivity contribution < 1.29 is 30.7 Å². The van der Waals surface area contributed by atoms with E-state index in [0.29, 0.717) is 4.09 Å².